The van der Waals surface area contributed by atoms with Gasteiger partial charge in [0.05, 0.1) is 28.7 Å². The van der Waals surface area contributed by atoms with Gasteiger partial charge in [0.25, 0.3) is 5.91 Å². The zero-order valence-electron chi connectivity index (χ0n) is 21.6. The number of ether oxygens (including phenoxy) is 2. The van der Waals surface area contributed by atoms with Crippen LogP contribution >= 0.6 is 11.6 Å². The van der Waals surface area contributed by atoms with E-state index in [0.717, 1.165) is 16.0 Å². The summed E-state index contributed by atoms with van der Waals surface area (Å²) >= 11 is 6.40. The van der Waals surface area contributed by atoms with E-state index >= 15 is 0 Å². The Morgan fingerprint density at radius 2 is 1.80 bits per heavy atom. The first kappa shape index (κ1) is 27.3. The summed E-state index contributed by atoms with van der Waals surface area (Å²) in [7, 11) is 0. The van der Waals surface area contributed by atoms with Gasteiger partial charge in [-0.25, -0.2) is 9.18 Å². The second-order valence-corrected chi connectivity index (χ2v) is 10.5. The summed E-state index contributed by atoms with van der Waals surface area (Å²) in [4.78, 5) is 28.2. The number of likely N-dealkylation sites (tertiary alicyclic amines) is 1. The lowest BCUT2D eigenvalue weighted by atomic mass is 9.75. The van der Waals surface area contributed by atoms with Crippen LogP contribution in [-0.4, -0.2) is 47.7 Å². The van der Waals surface area contributed by atoms with Crippen LogP contribution in [0.1, 0.15) is 24.0 Å². The van der Waals surface area contributed by atoms with Gasteiger partial charge in [0.1, 0.15) is 23.9 Å². The van der Waals surface area contributed by atoms with Crippen molar-refractivity contribution >= 4 is 29.3 Å². The predicted molar refractivity (Wildman–Crippen MR) is 146 cm³/mol. The van der Waals surface area contributed by atoms with E-state index in [1.165, 1.54) is 24.3 Å². The third-order valence-corrected chi connectivity index (χ3v) is 7.69. The lowest BCUT2D eigenvalue weighted by molar-refractivity contribution is -0.140. The number of hydrogen-bond donors (Lipinski definition) is 1. The molecule has 8 nitrogen and oxygen atoms in total. The number of amides is 2. The van der Waals surface area contributed by atoms with Crippen LogP contribution in [0.3, 0.4) is 0 Å². The standard InChI is InChI=1S/C30H27ClFN3O5/c31-23-14-24-26(15-25(23)39-18-21-4-2-1-3-5-21)40-27(17-35(24)29(37)38)28(36)34-12-10-30(19-33,11-13-34)16-20-6-8-22(32)9-7-20/h1-9,14-15,27H,10-13,16-18H2,(H,37,38). The topological polar surface area (TPSA) is 103 Å². The quantitative estimate of drug-likeness (QED) is 0.414. The molecule has 0 radical (unpaired) electrons. The molecule has 2 aliphatic heterocycles. The van der Waals surface area contributed by atoms with Crippen molar-refractivity contribution in [1.82, 2.24) is 4.90 Å². The molecule has 3 aromatic carbocycles. The van der Waals surface area contributed by atoms with Crippen molar-refractivity contribution < 1.29 is 28.6 Å². The molecule has 0 aromatic heterocycles. The summed E-state index contributed by atoms with van der Waals surface area (Å²) < 4.78 is 25.2. The second kappa shape index (κ2) is 11.4. The molecule has 1 fully saturated rings. The maximum atomic E-state index is 13.5. The fourth-order valence-electron chi connectivity index (χ4n) is 5.12. The predicted octanol–water partition coefficient (Wildman–Crippen LogP) is 5.68. The maximum absolute atomic E-state index is 13.5. The minimum absolute atomic E-state index is 0.180. The van der Waals surface area contributed by atoms with E-state index in [9.17, 15) is 24.3 Å². The number of anilines is 1. The third-order valence-electron chi connectivity index (χ3n) is 7.39. The zero-order chi connectivity index (χ0) is 28.3. The fourth-order valence-corrected chi connectivity index (χ4v) is 5.33. The molecule has 0 spiro atoms. The van der Waals surface area contributed by atoms with E-state index in [0.29, 0.717) is 38.1 Å². The van der Waals surface area contributed by atoms with Gasteiger partial charge in [-0.2, -0.15) is 5.26 Å². The Labute approximate surface area is 236 Å². The van der Waals surface area contributed by atoms with Gasteiger partial charge in [-0.15, -0.1) is 0 Å². The Hall–Kier alpha value is -4.29. The summed E-state index contributed by atoms with van der Waals surface area (Å²) in [5.41, 5.74) is 1.34. The Kier molecular flexibility index (Phi) is 7.81. The third kappa shape index (κ3) is 5.82. The number of piperidine rings is 1. The molecular formula is C30H27ClFN3O5. The molecule has 0 aliphatic carbocycles. The normalized spacial score (nSPS) is 17.8. The van der Waals surface area contributed by atoms with E-state index in [-0.39, 0.29) is 41.3 Å². The van der Waals surface area contributed by atoms with Crippen molar-refractivity contribution in [2.75, 3.05) is 24.5 Å². The molecule has 2 heterocycles. The molecule has 5 rings (SSSR count). The molecule has 1 saturated heterocycles. The van der Waals surface area contributed by atoms with Crippen LogP contribution in [0.25, 0.3) is 0 Å². The summed E-state index contributed by atoms with van der Waals surface area (Å²) in [6.07, 6.45) is -0.980. The molecule has 2 aliphatic rings. The Morgan fingerprint density at radius 1 is 1.10 bits per heavy atom. The van der Waals surface area contributed by atoms with E-state index in [2.05, 4.69) is 6.07 Å². The number of halogens is 2. The van der Waals surface area contributed by atoms with Crippen molar-refractivity contribution in [2.24, 2.45) is 5.41 Å². The minimum Gasteiger partial charge on any atom is -0.487 e. The second-order valence-electron chi connectivity index (χ2n) is 10.0. The molecule has 1 unspecified atom stereocenters. The fraction of sp³-hybridized carbons (Fsp3) is 0.300. The highest BCUT2D eigenvalue weighted by molar-refractivity contribution is 6.32. The molecule has 1 N–H and O–H groups in total. The van der Waals surface area contributed by atoms with Gasteiger partial charge in [0.2, 0.25) is 0 Å². The number of carboxylic acid groups (broad SMARTS) is 1. The number of carbonyl (C=O) groups excluding carboxylic acids is 1. The molecule has 0 bridgehead atoms. The zero-order valence-corrected chi connectivity index (χ0v) is 22.3. The van der Waals surface area contributed by atoms with Crippen molar-refractivity contribution in [1.29, 1.82) is 5.26 Å². The van der Waals surface area contributed by atoms with Gasteiger partial charge in [-0.1, -0.05) is 54.1 Å². The average molecular weight is 564 g/mol. The van der Waals surface area contributed by atoms with Crippen molar-refractivity contribution in [3.05, 3.63) is 88.7 Å². The molecule has 2 amide bonds. The number of rotatable bonds is 6. The number of hydrogen-bond acceptors (Lipinski definition) is 5. The maximum Gasteiger partial charge on any atom is 0.412 e. The largest absolute Gasteiger partial charge is 0.487 e. The SMILES string of the molecule is N#CC1(Cc2ccc(F)cc2)CCN(C(=O)C2CN(C(=O)O)c3cc(Cl)c(OCc4ccccc4)cc3O2)CC1. The summed E-state index contributed by atoms with van der Waals surface area (Å²) in [6.45, 7) is 0.687. The number of nitriles is 1. The summed E-state index contributed by atoms with van der Waals surface area (Å²) in [5, 5.41) is 20.1. The molecule has 1 atom stereocenters. The lowest BCUT2D eigenvalue weighted by Gasteiger charge is -2.40. The van der Waals surface area contributed by atoms with Crippen LogP contribution in [0, 0.1) is 22.6 Å². The van der Waals surface area contributed by atoms with Crippen LogP contribution < -0.4 is 14.4 Å². The molecular weight excluding hydrogens is 537 g/mol. The Balaban J connectivity index is 1.29. The van der Waals surface area contributed by atoms with E-state index in [1.54, 1.807) is 17.0 Å². The van der Waals surface area contributed by atoms with Crippen LogP contribution in [0.2, 0.25) is 5.02 Å². The van der Waals surface area contributed by atoms with Crippen LogP contribution in [0.4, 0.5) is 14.9 Å². The van der Waals surface area contributed by atoms with E-state index < -0.39 is 17.6 Å². The van der Waals surface area contributed by atoms with Gasteiger partial charge in [-0.05, 0) is 48.6 Å². The summed E-state index contributed by atoms with van der Waals surface area (Å²) in [5.74, 6) is -0.205. The lowest BCUT2D eigenvalue weighted by Crippen LogP contribution is -2.54. The monoisotopic (exact) mass is 563 g/mol. The van der Waals surface area contributed by atoms with Gasteiger partial charge >= 0.3 is 6.09 Å². The molecule has 0 saturated carbocycles. The van der Waals surface area contributed by atoms with Gasteiger partial charge in [0, 0.05) is 19.2 Å². The first-order valence-electron chi connectivity index (χ1n) is 12.9. The van der Waals surface area contributed by atoms with Crippen LogP contribution in [0.15, 0.2) is 66.7 Å². The first-order valence-corrected chi connectivity index (χ1v) is 13.3. The Bertz CT molecular complexity index is 1440. The first-order chi connectivity index (χ1) is 19.3. The number of benzene rings is 3. The minimum atomic E-state index is -1.24. The van der Waals surface area contributed by atoms with Crippen molar-refractivity contribution in [3.63, 3.8) is 0 Å². The average Bonchev–Trinajstić information content (AvgIpc) is 2.97. The van der Waals surface area contributed by atoms with Gasteiger partial charge in [0.15, 0.2) is 6.10 Å². The number of fused-ring (bicyclic) bond motifs is 1. The highest BCUT2D eigenvalue weighted by Gasteiger charge is 2.41. The Morgan fingerprint density at radius 3 is 2.45 bits per heavy atom. The molecule has 40 heavy (non-hydrogen) atoms. The number of nitrogens with zero attached hydrogens (tertiary/aromatic N) is 3. The van der Waals surface area contributed by atoms with E-state index in [4.69, 9.17) is 21.1 Å². The van der Waals surface area contributed by atoms with Crippen LogP contribution in [0.5, 0.6) is 11.5 Å². The number of carbonyl (C=O) groups is 2. The van der Waals surface area contributed by atoms with Gasteiger partial charge in [-0.3, -0.25) is 9.69 Å². The summed E-state index contributed by atoms with van der Waals surface area (Å²) in [6, 6.07) is 21.0. The highest BCUT2D eigenvalue weighted by atomic mass is 35.5. The molecule has 10 heteroatoms. The van der Waals surface area contributed by atoms with Crippen molar-refractivity contribution in [2.45, 2.75) is 32.0 Å². The smallest absolute Gasteiger partial charge is 0.412 e. The van der Waals surface area contributed by atoms with Crippen LogP contribution in [-0.2, 0) is 17.8 Å². The van der Waals surface area contributed by atoms with Crippen molar-refractivity contribution in [3.8, 4) is 17.6 Å². The van der Waals surface area contributed by atoms with E-state index in [1.807, 2.05) is 30.3 Å². The molecule has 3 aromatic rings. The highest BCUT2D eigenvalue weighted by Crippen LogP contribution is 2.42. The van der Waals surface area contributed by atoms with Gasteiger partial charge < -0.3 is 19.5 Å². The molecule has 206 valence electrons.